The molecule has 0 bridgehead atoms. The third-order valence-electron chi connectivity index (χ3n) is 2.22. The smallest absolute Gasteiger partial charge is 0.356 e. The fourth-order valence-electron chi connectivity index (χ4n) is 1.29. The van der Waals surface area contributed by atoms with Gasteiger partial charge in [0.2, 0.25) is 0 Å². The van der Waals surface area contributed by atoms with Crippen molar-refractivity contribution in [1.29, 1.82) is 0 Å². The lowest BCUT2D eigenvalue weighted by molar-refractivity contribution is 0.0690. The van der Waals surface area contributed by atoms with Gasteiger partial charge in [-0.1, -0.05) is 13.8 Å². The number of carboxylic acid groups (broad SMARTS) is 1. The van der Waals surface area contributed by atoms with E-state index in [4.69, 9.17) is 5.11 Å². The average molecular weight is 205 g/mol. The summed E-state index contributed by atoms with van der Waals surface area (Å²) in [5.41, 5.74) is 1.60. The van der Waals surface area contributed by atoms with Crippen LogP contribution in [0, 0.1) is 0 Å². The highest BCUT2D eigenvalue weighted by Gasteiger charge is 2.10. The lowest BCUT2D eigenvalue weighted by Crippen LogP contribution is -1.99. The fourth-order valence-corrected chi connectivity index (χ4v) is 1.29. The monoisotopic (exact) mass is 205 g/mol. The van der Waals surface area contributed by atoms with Gasteiger partial charge >= 0.3 is 5.97 Å². The van der Waals surface area contributed by atoms with Gasteiger partial charge < -0.3 is 5.11 Å². The van der Waals surface area contributed by atoms with Crippen LogP contribution in [0.1, 0.15) is 35.8 Å². The maximum absolute atomic E-state index is 10.7. The predicted octanol–water partition coefficient (Wildman–Crippen LogP) is 1.55. The number of aromatic nitrogens is 3. The first-order chi connectivity index (χ1) is 7.08. The first kappa shape index (κ1) is 9.64. The summed E-state index contributed by atoms with van der Waals surface area (Å²) in [5.74, 6) is -0.689. The largest absolute Gasteiger partial charge is 0.476 e. The molecule has 78 valence electrons. The molecule has 0 spiro atoms. The Morgan fingerprint density at radius 3 is 2.87 bits per heavy atom. The first-order valence-electron chi connectivity index (χ1n) is 4.66. The van der Waals surface area contributed by atoms with E-state index in [2.05, 4.69) is 10.1 Å². The van der Waals surface area contributed by atoms with E-state index in [9.17, 15) is 4.79 Å². The Bertz CT molecular complexity index is 516. The molecule has 0 aliphatic rings. The lowest BCUT2D eigenvalue weighted by atomic mass is 10.1. The number of hydrogen-bond acceptors (Lipinski definition) is 3. The molecule has 0 saturated heterocycles. The molecular weight excluding hydrogens is 194 g/mol. The fraction of sp³-hybridized carbons (Fsp3) is 0.300. The second-order valence-corrected chi connectivity index (χ2v) is 3.68. The maximum atomic E-state index is 10.7. The molecule has 0 radical (unpaired) electrons. The summed E-state index contributed by atoms with van der Waals surface area (Å²) in [6, 6.07) is 1.45. The third-order valence-corrected chi connectivity index (χ3v) is 2.22. The molecular formula is C10H11N3O2. The van der Waals surface area contributed by atoms with Crippen molar-refractivity contribution >= 4 is 11.6 Å². The van der Waals surface area contributed by atoms with Crippen molar-refractivity contribution in [1.82, 2.24) is 14.6 Å². The molecule has 0 fully saturated rings. The van der Waals surface area contributed by atoms with Gasteiger partial charge in [-0.25, -0.2) is 14.3 Å². The minimum absolute atomic E-state index is 0.0170. The number of nitrogens with zero attached hydrogens (tertiary/aromatic N) is 3. The van der Waals surface area contributed by atoms with Gasteiger partial charge in [-0.3, -0.25) is 0 Å². The van der Waals surface area contributed by atoms with Crippen molar-refractivity contribution in [2.75, 3.05) is 0 Å². The van der Waals surface area contributed by atoms with E-state index < -0.39 is 5.97 Å². The topological polar surface area (TPSA) is 67.5 Å². The molecule has 5 nitrogen and oxygen atoms in total. The molecule has 0 unspecified atom stereocenters. The first-order valence-corrected chi connectivity index (χ1v) is 4.66. The van der Waals surface area contributed by atoms with Crippen LogP contribution in [0.3, 0.4) is 0 Å². The van der Waals surface area contributed by atoms with Crippen LogP contribution in [0.15, 0.2) is 18.5 Å². The van der Waals surface area contributed by atoms with Crippen LogP contribution < -0.4 is 0 Å². The second-order valence-electron chi connectivity index (χ2n) is 3.68. The number of fused-ring (bicyclic) bond motifs is 1. The summed E-state index contributed by atoms with van der Waals surface area (Å²) in [6.07, 6.45) is 3.55. The predicted molar refractivity (Wildman–Crippen MR) is 54.0 cm³/mol. The normalized spacial score (nSPS) is 11.1. The number of aromatic carboxylic acids is 1. The van der Waals surface area contributed by atoms with Gasteiger partial charge in [-0.2, -0.15) is 5.10 Å². The van der Waals surface area contributed by atoms with Crippen LogP contribution >= 0.6 is 0 Å². The highest BCUT2D eigenvalue weighted by molar-refractivity contribution is 5.86. The van der Waals surface area contributed by atoms with E-state index in [-0.39, 0.29) is 5.69 Å². The number of carbonyl (C=O) groups is 1. The quantitative estimate of drug-likeness (QED) is 0.807. The Hall–Kier alpha value is -1.91. The molecule has 5 heteroatoms. The Morgan fingerprint density at radius 1 is 1.53 bits per heavy atom. The standard InChI is InChI=1S/C10H11N3O2/c1-6(2)7-4-11-9-3-8(10(14)15)12-13(9)5-7/h3-6H,1-2H3,(H,14,15). The van der Waals surface area contributed by atoms with Crippen LogP contribution in [0.2, 0.25) is 0 Å². The average Bonchev–Trinajstić information content (AvgIpc) is 2.59. The zero-order valence-electron chi connectivity index (χ0n) is 8.51. The molecule has 0 saturated carbocycles. The van der Waals surface area contributed by atoms with Gasteiger partial charge in [0.15, 0.2) is 11.3 Å². The van der Waals surface area contributed by atoms with Crippen LogP contribution in [-0.4, -0.2) is 25.7 Å². The summed E-state index contributed by atoms with van der Waals surface area (Å²) < 4.78 is 1.50. The van der Waals surface area contributed by atoms with Gasteiger partial charge in [0.25, 0.3) is 0 Å². The van der Waals surface area contributed by atoms with E-state index in [1.807, 2.05) is 13.8 Å². The minimum atomic E-state index is -1.04. The zero-order valence-corrected chi connectivity index (χ0v) is 8.51. The molecule has 2 heterocycles. The summed E-state index contributed by atoms with van der Waals surface area (Å²) in [6.45, 7) is 4.09. The van der Waals surface area contributed by atoms with Crippen LogP contribution in [0.4, 0.5) is 0 Å². The number of rotatable bonds is 2. The Kier molecular flexibility index (Phi) is 2.15. The zero-order chi connectivity index (χ0) is 11.0. The van der Waals surface area contributed by atoms with Gasteiger partial charge in [-0.15, -0.1) is 0 Å². The van der Waals surface area contributed by atoms with E-state index in [0.29, 0.717) is 11.6 Å². The van der Waals surface area contributed by atoms with Gasteiger partial charge in [-0.05, 0) is 11.5 Å². The summed E-state index contributed by atoms with van der Waals surface area (Å²) in [4.78, 5) is 14.8. The van der Waals surface area contributed by atoms with E-state index >= 15 is 0 Å². The summed E-state index contributed by atoms with van der Waals surface area (Å²) >= 11 is 0. The molecule has 0 amide bonds. The molecule has 2 aromatic heterocycles. The lowest BCUT2D eigenvalue weighted by Gasteiger charge is -2.03. The van der Waals surface area contributed by atoms with E-state index in [0.717, 1.165) is 5.56 Å². The van der Waals surface area contributed by atoms with E-state index in [1.165, 1.54) is 10.6 Å². The van der Waals surface area contributed by atoms with Crippen LogP contribution in [0.25, 0.3) is 5.65 Å². The molecule has 15 heavy (non-hydrogen) atoms. The Labute approximate surface area is 86.4 Å². The van der Waals surface area contributed by atoms with Crippen molar-refractivity contribution in [3.63, 3.8) is 0 Å². The van der Waals surface area contributed by atoms with E-state index in [1.54, 1.807) is 12.4 Å². The molecule has 2 rings (SSSR count). The Balaban J connectivity index is 2.57. The number of carboxylic acids is 1. The molecule has 0 atom stereocenters. The minimum Gasteiger partial charge on any atom is -0.476 e. The molecule has 0 aliphatic heterocycles. The molecule has 0 aliphatic carbocycles. The molecule has 2 aromatic rings. The summed E-state index contributed by atoms with van der Waals surface area (Å²) in [5, 5.41) is 12.7. The highest BCUT2D eigenvalue weighted by Crippen LogP contribution is 2.13. The van der Waals surface area contributed by atoms with Crippen molar-refractivity contribution in [2.24, 2.45) is 0 Å². The Morgan fingerprint density at radius 2 is 2.27 bits per heavy atom. The molecule has 0 aromatic carbocycles. The van der Waals surface area contributed by atoms with Crippen molar-refractivity contribution in [3.8, 4) is 0 Å². The van der Waals surface area contributed by atoms with Crippen molar-refractivity contribution < 1.29 is 9.90 Å². The van der Waals surface area contributed by atoms with Crippen LogP contribution in [0.5, 0.6) is 0 Å². The van der Waals surface area contributed by atoms with Crippen LogP contribution in [-0.2, 0) is 0 Å². The maximum Gasteiger partial charge on any atom is 0.356 e. The SMILES string of the molecule is CC(C)c1cnc2cc(C(=O)O)nn2c1. The van der Waals surface area contributed by atoms with Crippen molar-refractivity contribution in [3.05, 3.63) is 29.7 Å². The summed E-state index contributed by atoms with van der Waals surface area (Å²) in [7, 11) is 0. The second kappa shape index (κ2) is 3.34. The van der Waals surface area contributed by atoms with Gasteiger partial charge in [0, 0.05) is 18.5 Å². The highest BCUT2D eigenvalue weighted by atomic mass is 16.4. The number of hydrogen-bond donors (Lipinski definition) is 1. The third kappa shape index (κ3) is 1.68. The van der Waals surface area contributed by atoms with Gasteiger partial charge in [0.05, 0.1) is 0 Å². The molecule has 1 N–H and O–H groups in total. The van der Waals surface area contributed by atoms with Crippen molar-refractivity contribution in [2.45, 2.75) is 19.8 Å². The van der Waals surface area contributed by atoms with Gasteiger partial charge in [0.1, 0.15) is 0 Å².